The Morgan fingerprint density at radius 1 is 1.50 bits per heavy atom. The van der Waals surface area contributed by atoms with Crippen LogP contribution in [0, 0.1) is 5.82 Å². The molecular weight excluding hydrogens is 233 g/mol. The minimum Gasteiger partial charge on any atom is -0.345 e. The third-order valence-corrected chi connectivity index (χ3v) is 3.48. The lowest BCUT2D eigenvalue weighted by Gasteiger charge is -2.38. The molecule has 1 saturated heterocycles. The molecule has 0 atom stereocenters. The number of nitrogens with one attached hydrogen (secondary N) is 1. The minimum atomic E-state index is -0.577. The number of halogens is 1. The van der Waals surface area contributed by atoms with Crippen LogP contribution in [0.15, 0.2) is 18.3 Å². The van der Waals surface area contributed by atoms with Gasteiger partial charge in [0.15, 0.2) is 11.5 Å². The lowest BCUT2D eigenvalue weighted by Crippen LogP contribution is -2.52. The van der Waals surface area contributed by atoms with E-state index in [1.807, 2.05) is 6.92 Å². The number of rotatable bonds is 2. The van der Waals surface area contributed by atoms with Gasteiger partial charge in [0, 0.05) is 24.8 Å². The molecule has 2 heterocycles. The fraction of sp³-hybridized carbons (Fsp3) is 0.538. The zero-order valence-electron chi connectivity index (χ0n) is 10.7. The summed E-state index contributed by atoms with van der Waals surface area (Å²) < 4.78 is 13.4. The van der Waals surface area contributed by atoms with E-state index in [1.54, 1.807) is 0 Å². The lowest BCUT2D eigenvalue weighted by atomic mass is 9.89. The molecule has 18 heavy (non-hydrogen) atoms. The highest BCUT2D eigenvalue weighted by molar-refractivity contribution is 5.93. The molecule has 0 bridgehead atoms. The van der Waals surface area contributed by atoms with Gasteiger partial charge < -0.3 is 10.2 Å². The average molecular weight is 251 g/mol. The summed E-state index contributed by atoms with van der Waals surface area (Å²) in [6.45, 7) is 3.86. The van der Waals surface area contributed by atoms with E-state index in [-0.39, 0.29) is 11.2 Å². The van der Waals surface area contributed by atoms with E-state index >= 15 is 0 Å². The number of aromatic nitrogens is 1. The predicted molar refractivity (Wildman–Crippen MR) is 66.8 cm³/mol. The van der Waals surface area contributed by atoms with E-state index in [1.165, 1.54) is 18.3 Å². The summed E-state index contributed by atoms with van der Waals surface area (Å²) in [4.78, 5) is 18.0. The van der Waals surface area contributed by atoms with Crippen molar-refractivity contribution in [1.29, 1.82) is 0 Å². The lowest BCUT2D eigenvalue weighted by molar-refractivity contribution is 0.0842. The highest BCUT2D eigenvalue weighted by Gasteiger charge is 2.31. The molecule has 1 amide bonds. The van der Waals surface area contributed by atoms with E-state index in [2.05, 4.69) is 22.2 Å². The van der Waals surface area contributed by atoms with Gasteiger partial charge >= 0.3 is 0 Å². The Morgan fingerprint density at radius 2 is 2.17 bits per heavy atom. The van der Waals surface area contributed by atoms with Crippen LogP contribution in [-0.4, -0.2) is 41.5 Å². The Hall–Kier alpha value is -1.49. The molecule has 0 spiro atoms. The number of amides is 1. The standard InChI is InChI=1S/C13H18FN3O/c1-13(5-8-17(2)9-6-13)16-12(18)11-10(14)4-3-7-15-11/h3-4,7H,5-6,8-9H2,1-2H3,(H,16,18). The molecule has 98 valence electrons. The van der Waals surface area contributed by atoms with Crippen molar-refractivity contribution in [2.75, 3.05) is 20.1 Å². The van der Waals surface area contributed by atoms with Crippen molar-refractivity contribution in [3.63, 3.8) is 0 Å². The van der Waals surface area contributed by atoms with Crippen LogP contribution in [0.25, 0.3) is 0 Å². The Bertz CT molecular complexity index is 442. The second-order valence-corrected chi connectivity index (χ2v) is 5.15. The van der Waals surface area contributed by atoms with Crippen LogP contribution in [-0.2, 0) is 0 Å². The first-order chi connectivity index (χ1) is 8.50. The fourth-order valence-corrected chi connectivity index (χ4v) is 2.12. The summed E-state index contributed by atoms with van der Waals surface area (Å²) >= 11 is 0. The van der Waals surface area contributed by atoms with Crippen molar-refractivity contribution in [1.82, 2.24) is 15.2 Å². The summed E-state index contributed by atoms with van der Waals surface area (Å²) in [6, 6.07) is 2.72. The van der Waals surface area contributed by atoms with Gasteiger partial charge in [-0.25, -0.2) is 9.37 Å². The number of hydrogen-bond donors (Lipinski definition) is 1. The van der Waals surface area contributed by atoms with Gasteiger partial charge in [0.2, 0.25) is 0 Å². The van der Waals surface area contributed by atoms with Gasteiger partial charge in [-0.05, 0) is 38.9 Å². The number of piperidine rings is 1. The Labute approximate surface area is 106 Å². The molecule has 1 aliphatic rings. The summed E-state index contributed by atoms with van der Waals surface area (Å²) in [7, 11) is 2.06. The van der Waals surface area contributed by atoms with E-state index < -0.39 is 11.7 Å². The zero-order chi connectivity index (χ0) is 13.2. The Balaban J connectivity index is 2.06. The quantitative estimate of drug-likeness (QED) is 0.865. The smallest absolute Gasteiger partial charge is 0.273 e. The van der Waals surface area contributed by atoms with Gasteiger partial charge in [0.05, 0.1) is 0 Å². The molecule has 4 nitrogen and oxygen atoms in total. The molecule has 0 radical (unpaired) electrons. The van der Waals surface area contributed by atoms with Gasteiger partial charge in [-0.3, -0.25) is 4.79 Å². The van der Waals surface area contributed by atoms with Crippen molar-refractivity contribution in [3.8, 4) is 0 Å². The maximum Gasteiger partial charge on any atom is 0.273 e. The number of carbonyl (C=O) groups excluding carboxylic acids is 1. The predicted octanol–water partition coefficient (Wildman–Crippen LogP) is 1.43. The maximum atomic E-state index is 13.4. The van der Waals surface area contributed by atoms with Crippen LogP contribution < -0.4 is 5.32 Å². The Kier molecular flexibility index (Phi) is 3.61. The molecule has 1 fully saturated rings. The first-order valence-corrected chi connectivity index (χ1v) is 6.12. The molecule has 0 unspecified atom stereocenters. The van der Waals surface area contributed by atoms with Crippen LogP contribution in [0.2, 0.25) is 0 Å². The van der Waals surface area contributed by atoms with Crippen LogP contribution in [0.5, 0.6) is 0 Å². The molecule has 0 aliphatic carbocycles. The third kappa shape index (κ3) is 2.85. The van der Waals surface area contributed by atoms with E-state index in [0.29, 0.717) is 0 Å². The monoisotopic (exact) mass is 251 g/mol. The number of pyridine rings is 1. The van der Waals surface area contributed by atoms with Gasteiger partial charge in [-0.15, -0.1) is 0 Å². The van der Waals surface area contributed by atoms with Gasteiger partial charge in [-0.2, -0.15) is 0 Å². The van der Waals surface area contributed by atoms with Crippen molar-refractivity contribution < 1.29 is 9.18 Å². The first kappa shape index (κ1) is 13.0. The number of carbonyl (C=O) groups is 1. The van der Waals surface area contributed by atoms with Crippen LogP contribution in [0.3, 0.4) is 0 Å². The largest absolute Gasteiger partial charge is 0.345 e. The molecule has 0 aromatic carbocycles. The third-order valence-electron chi connectivity index (χ3n) is 3.48. The normalized spacial score (nSPS) is 19.5. The highest BCUT2D eigenvalue weighted by Crippen LogP contribution is 2.21. The SMILES string of the molecule is CN1CCC(C)(NC(=O)c2ncccc2F)CC1. The van der Waals surface area contributed by atoms with E-state index in [4.69, 9.17) is 0 Å². The molecule has 1 aromatic heterocycles. The summed E-state index contributed by atoms with van der Waals surface area (Å²) in [5.74, 6) is -1.01. The van der Waals surface area contributed by atoms with Crippen LogP contribution >= 0.6 is 0 Å². The van der Waals surface area contributed by atoms with Gasteiger partial charge in [0.1, 0.15) is 0 Å². The minimum absolute atomic E-state index is 0.127. The molecule has 0 saturated carbocycles. The molecule has 2 rings (SSSR count). The second kappa shape index (κ2) is 5.02. The van der Waals surface area contributed by atoms with Crippen molar-refractivity contribution >= 4 is 5.91 Å². The van der Waals surface area contributed by atoms with Crippen molar-refractivity contribution in [2.45, 2.75) is 25.3 Å². The van der Waals surface area contributed by atoms with E-state index in [9.17, 15) is 9.18 Å². The summed E-state index contributed by atoms with van der Waals surface area (Å²) in [6.07, 6.45) is 3.16. The summed E-state index contributed by atoms with van der Waals surface area (Å²) in [5.41, 5.74) is -0.397. The maximum absolute atomic E-state index is 13.4. The zero-order valence-corrected chi connectivity index (χ0v) is 10.7. The highest BCUT2D eigenvalue weighted by atomic mass is 19.1. The van der Waals surface area contributed by atoms with Gasteiger partial charge in [-0.1, -0.05) is 0 Å². The molecular formula is C13H18FN3O. The topological polar surface area (TPSA) is 45.2 Å². The number of hydrogen-bond acceptors (Lipinski definition) is 3. The summed E-state index contributed by atoms with van der Waals surface area (Å²) in [5, 5.41) is 2.90. The van der Waals surface area contributed by atoms with Crippen molar-refractivity contribution in [3.05, 3.63) is 29.8 Å². The van der Waals surface area contributed by atoms with Crippen molar-refractivity contribution in [2.24, 2.45) is 0 Å². The van der Waals surface area contributed by atoms with Gasteiger partial charge in [0.25, 0.3) is 5.91 Å². The first-order valence-electron chi connectivity index (χ1n) is 6.12. The molecule has 1 aromatic rings. The number of nitrogens with zero attached hydrogens (tertiary/aromatic N) is 2. The van der Waals surface area contributed by atoms with Crippen LogP contribution in [0.1, 0.15) is 30.3 Å². The molecule has 5 heteroatoms. The Morgan fingerprint density at radius 3 is 2.78 bits per heavy atom. The second-order valence-electron chi connectivity index (χ2n) is 5.15. The van der Waals surface area contributed by atoms with Crippen LogP contribution in [0.4, 0.5) is 4.39 Å². The molecule has 1 N–H and O–H groups in total. The number of likely N-dealkylation sites (tertiary alicyclic amines) is 1. The van der Waals surface area contributed by atoms with E-state index in [0.717, 1.165) is 25.9 Å². The average Bonchev–Trinajstić information content (AvgIpc) is 2.34. The molecule has 1 aliphatic heterocycles. The fourth-order valence-electron chi connectivity index (χ4n) is 2.12.